The molecule has 0 bridgehead atoms. The zero-order valence-electron chi connectivity index (χ0n) is 10.3. The van der Waals surface area contributed by atoms with Gasteiger partial charge in [0.05, 0.1) is 5.02 Å². The first kappa shape index (κ1) is 14.8. The van der Waals surface area contributed by atoms with Crippen LogP contribution in [-0.4, -0.2) is 5.84 Å². The van der Waals surface area contributed by atoms with Crippen molar-refractivity contribution in [1.29, 1.82) is 5.41 Å². The lowest BCUT2D eigenvalue weighted by Crippen LogP contribution is -2.11. The van der Waals surface area contributed by atoms with Crippen LogP contribution in [0.25, 0.3) is 0 Å². The maximum absolute atomic E-state index is 13.6. The van der Waals surface area contributed by atoms with E-state index in [1.165, 1.54) is 6.07 Å². The highest BCUT2D eigenvalue weighted by molar-refractivity contribution is 9.10. The molecule has 0 radical (unpaired) electrons. The van der Waals surface area contributed by atoms with Gasteiger partial charge in [0.15, 0.2) is 0 Å². The second-order valence-electron chi connectivity index (χ2n) is 4.08. The van der Waals surface area contributed by atoms with Gasteiger partial charge in [-0.2, -0.15) is 0 Å². The molecule has 2 aromatic carbocycles. The van der Waals surface area contributed by atoms with Gasteiger partial charge < -0.3 is 10.5 Å². The van der Waals surface area contributed by atoms with Crippen molar-refractivity contribution in [1.82, 2.24) is 0 Å². The maximum atomic E-state index is 13.6. The number of nitrogens with two attached hydrogens (primary N) is 1. The van der Waals surface area contributed by atoms with E-state index in [9.17, 15) is 4.39 Å². The molecule has 3 N–H and O–H groups in total. The average molecular weight is 358 g/mol. The van der Waals surface area contributed by atoms with Crippen molar-refractivity contribution in [2.24, 2.45) is 5.73 Å². The first-order valence-electron chi connectivity index (χ1n) is 5.68. The smallest absolute Gasteiger partial charge is 0.130 e. The molecular weight excluding hydrogens is 347 g/mol. The molecule has 0 aliphatic heterocycles. The number of halogens is 3. The Bertz CT molecular complexity index is 664. The summed E-state index contributed by atoms with van der Waals surface area (Å²) < 4.78 is 19.8. The van der Waals surface area contributed by atoms with Crippen LogP contribution in [-0.2, 0) is 6.61 Å². The minimum absolute atomic E-state index is 0.0921. The van der Waals surface area contributed by atoms with E-state index < -0.39 is 0 Å². The Morgan fingerprint density at radius 2 is 2.05 bits per heavy atom. The van der Waals surface area contributed by atoms with Gasteiger partial charge in [0, 0.05) is 15.6 Å². The molecule has 3 nitrogen and oxygen atoms in total. The fourth-order valence-corrected chi connectivity index (χ4v) is 2.21. The third-order valence-electron chi connectivity index (χ3n) is 2.64. The summed E-state index contributed by atoms with van der Waals surface area (Å²) in [5.74, 6) is 0.0358. The molecule has 0 unspecified atom stereocenters. The van der Waals surface area contributed by atoms with Gasteiger partial charge in [-0.05, 0) is 30.3 Å². The minimum Gasteiger partial charge on any atom is -0.489 e. The third-order valence-corrected chi connectivity index (χ3v) is 3.45. The summed E-state index contributed by atoms with van der Waals surface area (Å²) in [6.45, 7) is 0.0921. The Kier molecular flexibility index (Phi) is 4.62. The lowest BCUT2D eigenvalue weighted by Gasteiger charge is -2.09. The van der Waals surface area contributed by atoms with Crippen LogP contribution in [0.5, 0.6) is 5.75 Å². The standard InChI is InChI=1S/C14H11BrClFN2O/c15-9-2-1-8(13(17)5-9)7-20-10-3-4-11(14(18)19)12(16)6-10/h1-6H,7H2,(H3,18,19). The van der Waals surface area contributed by atoms with Gasteiger partial charge in [-0.15, -0.1) is 0 Å². The van der Waals surface area contributed by atoms with E-state index in [2.05, 4.69) is 15.9 Å². The Morgan fingerprint density at radius 3 is 2.65 bits per heavy atom. The summed E-state index contributed by atoms with van der Waals surface area (Å²) in [7, 11) is 0. The predicted octanol–water partition coefficient (Wildman–Crippen LogP) is 4.10. The molecule has 104 valence electrons. The van der Waals surface area contributed by atoms with E-state index in [0.717, 1.165) is 0 Å². The lowest BCUT2D eigenvalue weighted by atomic mass is 10.2. The highest BCUT2D eigenvalue weighted by atomic mass is 79.9. The average Bonchev–Trinajstić information content (AvgIpc) is 2.37. The van der Waals surface area contributed by atoms with Gasteiger partial charge in [-0.25, -0.2) is 4.39 Å². The molecule has 0 amide bonds. The van der Waals surface area contributed by atoms with E-state index in [1.54, 1.807) is 30.3 Å². The summed E-state index contributed by atoms with van der Waals surface area (Å²) in [6, 6.07) is 9.55. The monoisotopic (exact) mass is 356 g/mol. The molecule has 6 heteroatoms. The highest BCUT2D eigenvalue weighted by Crippen LogP contribution is 2.23. The quantitative estimate of drug-likeness (QED) is 0.639. The topological polar surface area (TPSA) is 59.1 Å². The largest absolute Gasteiger partial charge is 0.489 e. The molecule has 0 atom stereocenters. The number of benzene rings is 2. The molecule has 0 spiro atoms. The summed E-state index contributed by atoms with van der Waals surface area (Å²) in [5.41, 5.74) is 6.25. The third kappa shape index (κ3) is 3.49. The fraction of sp³-hybridized carbons (Fsp3) is 0.0714. The Morgan fingerprint density at radius 1 is 1.30 bits per heavy atom. The molecule has 0 saturated carbocycles. The first-order chi connectivity index (χ1) is 9.47. The summed E-state index contributed by atoms with van der Waals surface area (Å²) >= 11 is 9.17. The number of rotatable bonds is 4. The number of hydrogen-bond acceptors (Lipinski definition) is 2. The van der Waals surface area contributed by atoms with E-state index in [-0.39, 0.29) is 18.3 Å². The van der Waals surface area contributed by atoms with Crippen molar-refractivity contribution < 1.29 is 9.13 Å². The van der Waals surface area contributed by atoms with E-state index in [0.29, 0.717) is 26.4 Å². The molecule has 0 aromatic heterocycles. The fourth-order valence-electron chi connectivity index (χ4n) is 1.60. The number of amidine groups is 1. The van der Waals surface area contributed by atoms with Crippen molar-refractivity contribution in [3.05, 3.63) is 62.8 Å². The van der Waals surface area contributed by atoms with Crippen molar-refractivity contribution in [3.8, 4) is 5.75 Å². The molecule has 2 aromatic rings. The molecule has 0 saturated heterocycles. The van der Waals surface area contributed by atoms with Crippen LogP contribution in [0.4, 0.5) is 4.39 Å². The van der Waals surface area contributed by atoms with E-state index >= 15 is 0 Å². The second-order valence-corrected chi connectivity index (χ2v) is 5.40. The van der Waals surface area contributed by atoms with Crippen LogP contribution in [0.2, 0.25) is 5.02 Å². The van der Waals surface area contributed by atoms with Crippen LogP contribution in [0, 0.1) is 11.2 Å². The number of hydrogen-bond donors (Lipinski definition) is 2. The van der Waals surface area contributed by atoms with Gasteiger partial charge in [0.1, 0.15) is 24.0 Å². The Labute approximate surface area is 129 Å². The van der Waals surface area contributed by atoms with Crippen molar-refractivity contribution in [2.75, 3.05) is 0 Å². The molecule has 0 aliphatic rings. The molecule has 0 heterocycles. The summed E-state index contributed by atoms with van der Waals surface area (Å²) in [4.78, 5) is 0. The molecule has 20 heavy (non-hydrogen) atoms. The maximum Gasteiger partial charge on any atom is 0.130 e. The number of nitrogen functional groups attached to an aromatic ring is 1. The zero-order valence-corrected chi connectivity index (χ0v) is 12.6. The second kappa shape index (κ2) is 6.24. The van der Waals surface area contributed by atoms with Crippen LogP contribution in [0.15, 0.2) is 40.9 Å². The lowest BCUT2D eigenvalue weighted by molar-refractivity contribution is 0.300. The zero-order chi connectivity index (χ0) is 14.7. The normalized spacial score (nSPS) is 10.3. The molecule has 0 aliphatic carbocycles. The number of ether oxygens (including phenoxy) is 1. The van der Waals surface area contributed by atoms with Gasteiger partial charge in [-0.3, -0.25) is 5.41 Å². The van der Waals surface area contributed by atoms with Crippen LogP contribution >= 0.6 is 27.5 Å². The Hall–Kier alpha value is -1.59. The molecular formula is C14H11BrClFN2O. The summed E-state index contributed by atoms with van der Waals surface area (Å²) in [6.07, 6.45) is 0. The highest BCUT2D eigenvalue weighted by Gasteiger charge is 2.07. The number of nitrogens with one attached hydrogen (secondary N) is 1. The van der Waals surface area contributed by atoms with Gasteiger partial charge in [0.2, 0.25) is 0 Å². The van der Waals surface area contributed by atoms with Crippen LogP contribution in [0.1, 0.15) is 11.1 Å². The van der Waals surface area contributed by atoms with Gasteiger partial charge in [0.25, 0.3) is 0 Å². The van der Waals surface area contributed by atoms with E-state index in [4.69, 9.17) is 27.5 Å². The minimum atomic E-state index is -0.342. The molecule has 2 rings (SSSR count). The van der Waals surface area contributed by atoms with Crippen LogP contribution < -0.4 is 10.5 Å². The first-order valence-corrected chi connectivity index (χ1v) is 6.85. The van der Waals surface area contributed by atoms with E-state index in [1.807, 2.05) is 0 Å². The van der Waals surface area contributed by atoms with Gasteiger partial charge in [-0.1, -0.05) is 33.6 Å². The Balaban J connectivity index is 2.11. The molecule has 0 fully saturated rings. The summed E-state index contributed by atoms with van der Waals surface area (Å²) in [5, 5.41) is 7.66. The van der Waals surface area contributed by atoms with Gasteiger partial charge >= 0.3 is 0 Å². The van der Waals surface area contributed by atoms with Crippen molar-refractivity contribution in [3.63, 3.8) is 0 Å². The van der Waals surface area contributed by atoms with Crippen molar-refractivity contribution >= 4 is 33.4 Å². The van der Waals surface area contributed by atoms with Crippen LogP contribution in [0.3, 0.4) is 0 Å². The SMILES string of the molecule is N=C(N)c1ccc(OCc2ccc(Br)cc2F)cc1Cl. The predicted molar refractivity (Wildman–Crippen MR) is 80.9 cm³/mol. The van der Waals surface area contributed by atoms with Crippen molar-refractivity contribution in [2.45, 2.75) is 6.61 Å².